The largest absolute Gasteiger partial charge is 0.416 e. The normalized spacial score (nSPS) is 13.5. The third kappa shape index (κ3) is 3.26. The number of benzene rings is 1. The van der Waals surface area contributed by atoms with Crippen LogP contribution < -0.4 is 5.73 Å². The Labute approximate surface area is 121 Å². The molecule has 1 heterocycles. The summed E-state index contributed by atoms with van der Waals surface area (Å²) in [7, 11) is 1.83. The maximum atomic E-state index is 12.7. The van der Waals surface area contributed by atoms with E-state index in [1.165, 1.54) is 6.07 Å². The van der Waals surface area contributed by atoms with Crippen LogP contribution in [0.1, 0.15) is 34.1 Å². The van der Waals surface area contributed by atoms with Crippen molar-refractivity contribution in [2.75, 3.05) is 0 Å². The van der Waals surface area contributed by atoms with Crippen molar-refractivity contribution < 1.29 is 13.2 Å². The third-order valence-corrected chi connectivity index (χ3v) is 3.73. The highest BCUT2D eigenvalue weighted by Gasteiger charge is 2.30. The first-order valence-corrected chi connectivity index (χ1v) is 6.62. The molecule has 2 rings (SSSR count). The SMILES string of the molecule is Cc1nn(C)c(C)c1CC(N)c1cccc(C(F)(F)F)c1. The van der Waals surface area contributed by atoms with Gasteiger partial charge in [0.15, 0.2) is 0 Å². The second-order valence-corrected chi connectivity index (χ2v) is 5.21. The topological polar surface area (TPSA) is 43.8 Å². The van der Waals surface area contributed by atoms with E-state index < -0.39 is 17.8 Å². The monoisotopic (exact) mass is 297 g/mol. The minimum absolute atomic E-state index is 0.465. The molecular formula is C15H18F3N3. The molecule has 0 aliphatic rings. The molecule has 1 aromatic carbocycles. The zero-order chi connectivity index (χ0) is 15.8. The molecular weight excluding hydrogens is 279 g/mol. The van der Waals surface area contributed by atoms with E-state index in [0.29, 0.717) is 12.0 Å². The molecule has 1 aromatic heterocycles. The van der Waals surface area contributed by atoms with Gasteiger partial charge in [-0.3, -0.25) is 4.68 Å². The highest BCUT2D eigenvalue weighted by molar-refractivity contribution is 5.31. The van der Waals surface area contributed by atoms with E-state index in [4.69, 9.17) is 5.73 Å². The molecule has 0 aliphatic carbocycles. The van der Waals surface area contributed by atoms with Gasteiger partial charge >= 0.3 is 6.18 Å². The predicted octanol–water partition coefficient (Wildman–Crippen LogP) is 3.30. The van der Waals surface area contributed by atoms with Crippen LogP contribution in [0.2, 0.25) is 0 Å². The predicted molar refractivity (Wildman–Crippen MR) is 74.8 cm³/mol. The van der Waals surface area contributed by atoms with Crippen LogP contribution in [-0.2, 0) is 19.6 Å². The number of nitrogens with zero attached hydrogens (tertiary/aromatic N) is 2. The Morgan fingerprint density at radius 2 is 1.95 bits per heavy atom. The van der Waals surface area contributed by atoms with Gasteiger partial charge in [-0.2, -0.15) is 18.3 Å². The summed E-state index contributed by atoms with van der Waals surface area (Å²) >= 11 is 0. The number of alkyl halides is 3. The van der Waals surface area contributed by atoms with Crippen molar-refractivity contribution in [1.29, 1.82) is 0 Å². The zero-order valence-corrected chi connectivity index (χ0v) is 12.2. The van der Waals surface area contributed by atoms with E-state index in [1.54, 1.807) is 10.7 Å². The molecule has 2 N–H and O–H groups in total. The number of aryl methyl sites for hydroxylation is 2. The molecule has 0 aliphatic heterocycles. The molecule has 6 heteroatoms. The summed E-state index contributed by atoms with van der Waals surface area (Å²) in [6.45, 7) is 3.80. The molecule has 0 bridgehead atoms. The number of halogens is 3. The molecule has 0 spiro atoms. The molecule has 2 aromatic rings. The van der Waals surface area contributed by atoms with Crippen LogP contribution in [0.25, 0.3) is 0 Å². The van der Waals surface area contributed by atoms with Gasteiger partial charge in [-0.1, -0.05) is 12.1 Å². The van der Waals surface area contributed by atoms with Crippen molar-refractivity contribution in [3.05, 3.63) is 52.3 Å². The van der Waals surface area contributed by atoms with Crippen LogP contribution in [0.5, 0.6) is 0 Å². The fraction of sp³-hybridized carbons (Fsp3) is 0.400. The second-order valence-electron chi connectivity index (χ2n) is 5.21. The van der Waals surface area contributed by atoms with E-state index in [1.807, 2.05) is 20.9 Å². The van der Waals surface area contributed by atoms with Gasteiger partial charge in [0.1, 0.15) is 0 Å². The summed E-state index contributed by atoms with van der Waals surface area (Å²) in [6, 6.07) is 4.69. The maximum absolute atomic E-state index is 12.7. The minimum Gasteiger partial charge on any atom is -0.324 e. The van der Waals surface area contributed by atoms with Crippen LogP contribution in [0, 0.1) is 13.8 Å². The van der Waals surface area contributed by atoms with E-state index in [-0.39, 0.29) is 0 Å². The maximum Gasteiger partial charge on any atom is 0.416 e. The van der Waals surface area contributed by atoms with Crippen LogP contribution >= 0.6 is 0 Å². The van der Waals surface area contributed by atoms with Gasteiger partial charge < -0.3 is 5.73 Å². The Bertz CT molecular complexity index is 644. The van der Waals surface area contributed by atoms with Crippen LogP contribution in [-0.4, -0.2) is 9.78 Å². The number of hydrogen-bond donors (Lipinski definition) is 1. The fourth-order valence-corrected chi connectivity index (χ4v) is 2.40. The van der Waals surface area contributed by atoms with Gasteiger partial charge in [0.2, 0.25) is 0 Å². The molecule has 3 nitrogen and oxygen atoms in total. The third-order valence-electron chi connectivity index (χ3n) is 3.73. The average molecular weight is 297 g/mol. The zero-order valence-electron chi connectivity index (χ0n) is 12.2. The molecule has 1 unspecified atom stereocenters. The number of hydrogen-bond acceptors (Lipinski definition) is 2. The molecule has 0 saturated carbocycles. The average Bonchev–Trinajstić information content (AvgIpc) is 2.64. The van der Waals surface area contributed by atoms with Crippen molar-refractivity contribution in [3.63, 3.8) is 0 Å². The van der Waals surface area contributed by atoms with Crippen molar-refractivity contribution in [1.82, 2.24) is 9.78 Å². The number of nitrogens with two attached hydrogens (primary N) is 1. The number of rotatable bonds is 3. The molecule has 0 radical (unpaired) electrons. The molecule has 1 atom stereocenters. The highest BCUT2D eigenvalue weighted by atomic mass is 19.4. The summed E-state index contributed by atoms with van der Waals surface area (Å²) in [6.07, 6.45) is -3.89. The molecule has 0 fully saturated rings. The summed E-state index contributed by atoms with van der Waals surface area (Å²) in [5.74, 6) is 0. The van der Waals surface area contributed by atoms with Gasteiger partial charge in [0.05, 0.1) is 11.3 Å². The molecule has 21 heavy (non-hydrogen) atoms. The van der Waals surface area contributed by atoms with Gasteiger partial charge in [-0.25, -0.2) is 0 Å². The first-order chi connectivity index (χ1) is 9.70. The minimum atomic E-state index is -4.35. The fourth-order valence-electron chi connectivity index (χ4n) is 2.40. The van der Waals surface area contributed by atoms with E-state index >= 15 is 0 Å². The molecule has 0 saturated heterocycles. The van der Waals surface area contributed by atoms with E-state index in [2.05, 4.69) is 5.10 Å². The van der Waals surface area contributed by atoms with Crippen molar-refractivity contribution in [3.8, 4) is 0 Å². The standard InChI is InChI=1S/C15H18F3N3/c1-9-13(10(2)21(3)20-9)8-14(19)11-5-4-6-12(7-11)15(16,17)18/h4-7,14H,8,19H2,1-3H3. The van der Waals surface area contributed by atoms with Gasteiger partial charge in [-0.05, 0) is 43.5 Å². The Balaban J connectivity index is 2.27. The Hall–Kier alpha value is -1.82. The lowest BCUT2D eigenvalue weighted by Gasteiger charge is -2.15. The number of aromatic nitrogens is 2. The summed E-state index contributed by atoms with van der Waals surface area (Å²) in [4.78, 5) is 0. The van der Waals surface area contributed by atoms with Gasteiger partial charge in [0, 0.05) is 18.8 Å². The Morgan fingerprint density at radius 3 is 2.48 bits per heavy atom. The molecule has 114 valence electrons. The van der Waals surface area contributed by atoms with E-state index in [0.717, 1.165) is 29.1 Å². The van der Waals surface area contributed by atoms with Crippen molar-refractivity contribution in [2.24, 2.45) is 12.8 Å². The highest BCUT2D eigenvalue weighted by Crippen LogP contribution is 2.31. The first-order valence-electron chi connectivity index (χ1n) is 6.62. The summed E-state index contributed by atoms with van der Waals surface area (Å²) < 4.78 is 40.0. The van der Waals surface area contributed by atoms with Gasteiger partial charge in [-0.15, -0.1) is 0 Å². The van der Waals surface area contributed by atoms with Crippen molar-refractivity contribution >= 4 is 0 Å². The Kier molecular flexibility index (Phi) is 4.09. The van der Waals surface area contributed by atoms with Crippen LogP contribution in [0.3, 0.4) is 0 Å². The van der Waals surface area contributed by atoms with Crippen molar-refractivity contribution in [2.45, 2.75) is 32.5 Å². The molecule has 0 amide bonds. The smallest absolute Gasteiger partial charge is 0.324 e. The second kappa shape index (κ2) is 5.52. The lowest BCUT2D eigenvalue weighted by atomic mass is 9.97. The quantitative estimate of drug-likeness (QED) is 0.944. The first kappa shape index (κ1) is 15.6. The Morgan fingerprint density at radius 1 is 1.29 bits per heavy atom. The van der Waals surface area contributed by atoms with Gasteiger partial charge in [0.25, 0.3) is 0 Å². The summed E-state index contributed by atoms with van der Waals surface area (Å²) in [5.41, 5.74) is 8.72. The summed E-state index contributed by atoms with van der Waals surface area (Å²) in [5, 5.41) is 4.30. The lowest BCUT2D eigenvalue weighted by Crippen LogP contribution is -2.15. The van der Waals surface area contributed by atoms with E-state index in [9.17, 15) is 13.2 Å². The van der Waals surface area contributed by atoms with Crippen LogP contribution in [0.15, 0.2) is 24.3 Å². The lowest BCUT2D eigenvalue weighted by molar-refractivity contribution is -0.137. The van der Waals surface area contributed by atoms with Crippen LogP contribution in [0.4, 0.5) is 13.2 Å².